The number of nitrogens with one attached hydrogen (secondary N) is 1. The molecule has 4 rings (SSSR count). The van der Waals surface area contributed by atoms with E-state index in [1.54, 1.807) is 4.90 Å². The Balaban J connectivity index is 1.41. The minimum atomic E-state index is -0.309. The van der Waals surface area contributed by atoms with Gasteiger partial charge in [-0.1, -0.05) is 25.1 Å². The van der Waals surface area contributed by atoms with Crippen molar-refractivity contribution in [2.45, 2.75) is 51.5 Å². The van der Waals surface area contributed by atoms with Crippen LogP contribution in [-0.2, 0) is 4.79 Å². The smallest absolute Gasteiger partial charge is 0.263 e. The standard InChI is InChI=1S/C20H26N4O3S/c1-12(2)16(19-22-17(23-27-19)13-7-8-13)21-18(25)14-5-3-9-24(11-14)20(26)15-6-4-10-28-15/h4,6,10,12-14,16H,3,5,7-9,11H2,1-2H3,(H,21,25). The van der Waals surface area contributed by atoms with E-state index in [0.717, 1.165) is 36.4 Å². The normalized spacial score (nSPS) is 21.0. The summed E-state index contributed by atoms with van der Waals surface area (Å²) in [4.78, 5) is 32.6. The van der Waals surface area contributed by atoms with Gasteiger partial charge < -0.3 is 14.7 Å². The van der Waals surface area contributed by atoms with E-state index in [-0.39, 0.29) is 29.7 Å². The maximum Gasteiger partial charge on any atom is 0.263 e. The van der Waals surface area contributed by atoms with E-state index in [1.807, 2.05) is 31.4 Å². The highest BCUT2D eigenvalue weighted by Crippen LogP contribution is 2.38. The first-order chi connectivity index (χ1) is 13.5. The van der Waals surface area contributed by atoms with E-state index in [1.165, 1.54) is 11.3 Å². The highest BCUT2D eigenvalue weighted by molar-refractivity contribution is 7.12. The quantitative estimate of drug-likeness (QED) is 0.800. The molecular weight excluding hydrogens is 376 g/mol. The predicted molar refractivity (Wildman–Crippen MR) is 105 cm³/mol. The Labute approximate surface area is 168 Å². The Morgan fingerprint density at radius 2 is 2.14 bits per heavy atom. The van der Waals surface area contributed by atoms with Gasteiger partial charge in [-0.2, -0.15) is 4.98 Å². The molecular formula is C20H26N4O3S. The molecule has 0 bridgehead atoms. The van der Waals surface area contributed by atoms with Crippen molar-refractivity contribution < 1.29 is 14.1 Å². The van der Waals surface area contributed by atoms with Crippen LogP contribution in [0.4, 0.5) is 0 Å². The second-order valence-corrected chi connectivity index (χ2v) is 9.01. The maximum absolute atomic E-state index is 13.0. The van der Waals surface area contributed by atoms with Crippen molar-refractivity contribution in [3.8, 4) is 0 Å². The Hall–Kier alpha value is -2.22. The molecule has 28 heavy (non-hydrogen) atoms. The molecule has 1 saturated carbocycles. The van der Waals surface area contributed by atoms with Gasteiger partial charge in [-0.25, -0.2) is 0 Å². The molecule has 8 heteroatoms. The summed E-state index contributed by atoms with van der Waals surface area (Å²) < 4.78 is 5.45. The highest BCUT2D eigenvalue weighted by Gasteiger charge is 2.34. The molecule has 2 amide bonds. The topological polar surface area (TPSA) is 88.3 Å². The third kappa shape index (κ3) is 4.11. The summed E-state index contributed by atoms with van der Waals surface area (Å²) in [5.41, 5.74) is 0. The molecule has 0 aromatic carbocycles. The van der Waals surface area contributed by atoms with Gasteiger partial charge in [-0.15, -0.1) is 11.3 Å². The van der Waals surface area contributed by atoms with E-state index < -0.39 is 0 Å². The van der Waals surface area contributed by atoms with Crippen LogP contribution < -0.4 is 5.32 Å². The van der Waals surface area contributed by atoms with Crippen molar-refractivity contribution in [1.29, 1.82) is 0 Å². The molecule has 2 unspecified atom stereocenters. The van der Waals surface area contributed by atoms with Crippen LogP contribution >= 0.6 is 11.3 Å². The van der Waals surface area contributed by atoms with Gasteiger partial charge in [-0.3, -0.25) is 9.59 Å². The van der Waals surface area contributed by atoms with Gasteiger partial charge in [0.2, 0.25) is 11.8 Å². The Morgan fingerprint density at radius 3 is 2.82 bits per heavy atom. The van der Waals surface area contributed by atoms with Crippen molar-refractivity contribution in [3.63, 3.8) is 0 Å². The van der Waals surface area contributed by atoms with E-state index in [9.17, 15) is 9.59 Å². The van der Waals surface area contributed by atoms with Crippen LogP contribution in [0, 0.1) is 11.8 Å². The van der Waals surface area contributed by atoms with Crippen molar-refractivity contribution in [3.05, 3.63) is 34.1 Å². The summed E-state index contributed by atoms with van der Waals surface area (Å²) in [7, 11) is 0. The molecule has 2 aliphatic rings. The first-order valence-corrected chi connectivity index (χ1v) is 10.9. The van der Waals surface area contributed by atoms with Gasteiger partial charge in [0, 0.05) is 19.0 Å². The Bertz CT molecular complexity index is 828. The van der Waals surface area contributed by atoms with E-state index in [4.69, 9.17) is 4.52 Å². The molecule has 0 radical (unpaired) electrons. The lowest BCUT2D eigenvalue weighted by molar-refractivity contribution is -0.127. The number of carbonyl (C=O) groups excluding carboxylic acids is 2. The largest absolute Gasteiger partial charge is 0.344 e. The lowest BCUT2D eigenvalue weighted by Crippen LogP contribution is -2.46. The number of aromatic nitrogens is 2. The number of piperidine rings is 1. The molecule has 1 saturated heterocycles. The predicted octanol–water partition coefficient (Wildman–Crippen LogP) is 3.37. The van der Waals surface area contributed by atoms with Gasteiger partial charge in [0.1, 0.15) is 6.04 Å². The number of hydrogen-bond donors (Lipinski definition) is 1. The summed E-state index contributed by atoms with van der Waals surface area (Å²) in [5.74, 6) is 1.52. The summed E-state index contributed by atoms with van der Waals surface area (Å²) >= 11 is 1.44. The molecule has 2 atom stereocenters. The summed E-state index contributed by atoms with van der Waals surface area (Å²) in [6, 6.07) is 3.40. The number of carbonyl (C=O) groups is 2. The van der Waals surface area contributed by atoms with Crippen LogP contribution in [0.5, 0.6) is 0 Å². The molecule has 1 aliphatic heterocycles. The molecule has 2 aromatic rings. The molecule has 1 aliphatic carbocycles. The molecule has 150 valence electrons. The van der Waals surface area contributed by atoms with Crippen LogP contribution in [0.2, 0.25) is 0 Å². The Morgan fingerprint density at radius 1 is 1.32 bits per heavy atom. The van der Waals surface area contributed by atoms with Crippen LogP contribution in [0.1, 0.15) is 72.9 Å². The van der Waals surface area contributed by atoms with Gasteiger partial charge in [0.15, 0.2) is 5.82 Å². The third-order valence-electron chi connectivity index (χ3n) is 5.44. The molecule has 2 fully saturated rings. The summed E-state index contributed by atoms with van der Waals surface area (Å²) in [5, 5.41) is 9.07. The number of amides is 2. The average Bonchev–Trinajstić information content (AvgIpc) is 3.20. The van der Waals surface area contributed by atoms with Crippen LogP contribution in [-0.4, -0.2) is 39.9 Å². The molecule has 3 heterocycles. The molecule has 0 spiro atoms. The first kappa shape index (κ1) is 19.1. The van der Waals surface area contributed by atoms with Crippen molar-refractivity contribution >= 4 is 23.2 Å². The third-order valence-corrected chi connectivity index (χ3v) is 6.30. The lowest BCUT2D eigenvalue weighted by atomic mass is 9.95. The first-order valence-electron chi connectivity index (χ1n) is 9.99. The van der Waals surface area contributed by atoms with Gasteiger partial charge >= 0.3 is 0 Å². The SMILES string of the molecule is CC(C)C(NC(=O)C1CCCN(C(=O)c2cccs2)C1)c1nc(C2CC2)no1. The van der Waals surface area contributed by atoms with Crippen molar-refractivity contribution in [2.75, 3.05) is 13.1 Å². The van der Waals surface area contributed by atoms with E-state index in [2.05, 4.69) is 15.5 Å². The number of nitrogens with zero attached hydrogens (tertiary/aromatic N) is 3. The fourth-order valence-electron chi connectivity index (χ4n) is 3.60. The number of rotatable bonds is 6. The summed E-state index contributed by atoms with van der Waals surface area (Å²) in [6.45, 7) is 5.20. The zero-order chi connectivity index (χ0) is 19.7. The van der Waals surface area contributed by atoms with E-state index >= 15 is 0 Å². The average molecular weight is 403 g/mol. The number of hydrogen-bond acceptors (Lipinski definition) is 6. The van der Waals surface area contributed by atoms with Crippen molar-refractivity contribution in [1.82, 2.24) is 20.4 Å². The second kappa shape index (κ2) is 8.03. The molecule has 1 N–H and O–H groups in total. The van der Waals surface area contributed by atoms with Gasteiger partial charge in [0.05, 0.1) is 10.8 Å². The maximum atomic E-state index is 13.0. The van der Waals surface area contributed by atoms with Gasteiger partial charge in [-0.05, 0) is 43.0 Å². The minimum Gasteiger partial charge on any atom is -0.344 e. The lowest BCUT2D eigenvalue weighted by Gasteiger charge is -2.32. The van der Waals surface area contributed by atoms with Crippen LogP contribution in [0.15, 0.2) is 22.0 Å². The van der Waals surface area contributed by atoms with Crippen LogP contribution in [0.3, 0.4) is 0 Å². The minimum absolute atomic E-state index is 0.0129. The monoisotopic (exact) mass is 402 g/mol. The summed E-state index contributed by atoms with van der Waals surface area (Å²) in [6.07, 6.45) is 3.82. The Kier molecular flexibility index (Phi) is 5.48. The van der Waals surface area contributed by atoms with Crippen molar-refractivity contribution in [2.24, 2.45) is 11.8 Å². The second-order valence-electron chi connectivity index (χ2n) is 8.06. The highest BCUT2D eigenvalue weighted by atomic mass is 32.1. The van der Waals surface area contributed by atoms with Gasteiger partial charge in [0.25, 0.3) is 5.91 Å². The van der Waals surface area contributed by atoms with E-state index in [0.29, 0.717) is 24.9 Å². The zero-order valence-corrected chi connectivity index (χ0v) is 17.1. The molecule has 2 aromatic heterocycles. The number of thiophene rings is 1. The number of likely N-dealkylation sites (tertiary alicyclic amines) is 1. The molecule has 7 nitrogen and oxygen atoms in total. The fraction of sp³-hybridized carbons (Fsp3) is 0.600. The van der Waals surface area contributed by atoms with Crippen LogP contribution in [0.25, 0.3) is 0 Å². The zero-order valence-electron chi connectivity index (χ0n) is 16.3. The fourth-order valence-corrected chi connectivity index (χ4v) is 4.29.